The van der Waals surface area contributed by atoms with Crippen LogP contribution in [-0.2, 0) is 14.3 Å². The van der Waals surface area contributed by atoms with Crippen molar-refractivity contribution < 1.29 is 28.7 Å². The summed E-state index contributed by atoms with van der Waals surface area (Å²) in [6.07, 6.45) is 2.83. The lowest BCUT2D eigenvalue weighted by atomic mass is 9.78. The number of alkyl carbamates (subject to hydrolysis) is 1. The van der Waals surface area contributed by atoms with Gasteiger partial charge < -0.3 is 14.8 Å². The normalized spacial score (nSPS) is 21.4. The Kier molecular flexibility index (Phi) is 7.76. The molecule has 0 radical (unpaired) electrons. The molecule has 1 aliphatic heterocycles. The Morgan fingerprint density at radius 1 is 1.06 bits per heavy atom. The van der Waals surface area contributed by atoms with Crippen molar-refractivity contribution >= 4 is 23.9 Å². The number of benzene rings is 1. The molecule has 0 aromatic heterocycles. The number of carbonyl (C=O) groups is 4. The second-order valence-corrected chi connectivity index (χ2v) is 9.80. The smallest absolute Gasteiger partial charge is 0.407 e. The van der Waals surface area contributed by atoms with E-state index >= 15 is 0 Å². The molecule has 0 spiro atoms. The average Bonchev–Trinajstić information content (AvgIpc) is 3.01. The van der Waals surface area contributed by atoms with Crippen LogP contribution in [0.25, 0.3) is 0 Å². The van der Waals surface area contributed by atoms with Gasteiger partial charge in [0.1, 0.15) is 5.60 Å². The molecule has 1 N–H and O–H groups in total. The van der Waals surface area contributed by atoms with Gasteiger partial charge in [-0.3, -0.25) is 19.3 Å². The summed E-state index contributed by atoms with van der Waals surface area (Å²) < 4.78 is 10.7. The van der Waals surface area contributed by atoms with E-state index in [9.17, 15) is 19.2 Å². The number of nitrogens with zero attached hydrogens (tertiary/aromatic N) is 1. The summed E-state index contributed by atoms with van der Waals surface area (Å²) in [7, 11) is 0. The number of imide groups is 1. The Balaban J connectivity index is 1.71. The first-order valence-electron chi connectivity index (χ1n) is 11.7. The fraction of sp³-hybridized carbons (Fsp3) is 0.600. The number of amides is 3. The van der Waals surface area contributed by atoms with Crippen LogP contribution in [-0.4, -0.2) is 53.6 Å². The number of hydrogen-bond donors (Lipinski definition) is 1. The van der Waals surface area contributed by atoms with Crippen LogP contribution in [0.4, 0.5) is 4.79 Å². The second kappa shape index (κ2) is 10.4. The van der Waals surface area contributed by atoms with Crippen LogP contribution < -0.4 is 5.32 Å². The van der Waals surface area contributed by atoms with Crippen molar-refractivity contribution in [1.29, 1.82) is 0 Å². The zero-order valence-corrected chi connectivity index (χ0v) is 19.9. The van der Waals surface area contributed by atoms with Crippen molar-refractivity contribution in [3.05, 3.63) is 35.4 Å². The summed E-state index contributed by atoms with van der Waals surface area (Å²) in [6, 6.07) is 6.25. The molecule has 0 saturated heterocycles. The first-order valence-corrected chi connectivity index (χ1v) is 11.7. The highest BCUT2D eigenvalue weighted by Crippen LogP contribution is 2.33. The lowest BCUT2D eigenvalue weighted by Crippen LogP contribution is -2.51. The van der Waals surface area contributed by atoms with Crippen molar-refractivity contribution in [2.75, 3.05) is 13.2 Å². The highest BCUT2D eigenvalue weighted by Gasteiger charge is 2.40. The van der Waals surface area contributed by atoms with Crippen LogP contribution in [0.3, 0.4) is 0 Å². The van der Waals surface area contributed by atoms with Gasteiger partial charge in [-0.1, -0.05) is 19.1 Å². The van der Waals surface area contributed by atoms with Gasteiger partial charge in [-0.2, -0.15) is 0 Å². The SMILES string of the molecule is CCCOC(=O)C1CCC(C(CN2C(=O)c3ccccc3C2=O)NC(=O)OC(C)(C)C)CC1. The maximum absolute atomic E-state index is 12.9. The lowest BCUT2D eigenvalue weighted by Gasteiger charge is -2.35. The molecule has 1 heterocycles. The molecular weight excluding hydrogens is 424 g/mol. The van der Waals surface area contributed by atoms with Gasteiger partial charge in [-0.15, -0.1) is 0 Å². The third-order valence-corrected chi connectivity index (χ3v) is 6.08. The first-order chi connectivity index (χ1) is 15.6. The standard InChI is InChI=1S/C25H34N2O6/c1-5-14-32-23(30)17-12-10-16(11-13-17)20(26-24(31)33-25(2,3)4)15-27-21(28)18-8-6-7-9-19(18)22(27)29/h6-9,16-17,20H,5,10-15H2,1-4H3,(H,26,31). The summed E-state index contributed by atoms with van der Waals surface area (Å²) in [6.45, 7) is 7.76. The number of esters is 1. The molecule has 180 valence electrons. The van der Waals surface area contributed by atoms with E-state index in [1.807, 2.05) is 6.92 Å². The van der Waals surface area contributed by atoms with E-state index in [1.54, 1.807) is 45.0 Å². The predicted molar refractivity (Wildman–Crippen MR) is 122 cm³/mol. The fourth-order valence-corrected chi connectivity index (χ4v) is 4.45. The second-order valence-electron chi connectivity index (χ2n) is 9.80. The van der Waals surface area contributed by atoms with E-state index in [0.29, 0.717) is 43.4 Å². The maximum Gasteiger partial charge on any atom is 0.407 e. The summed E-state index contributed by atoms with van der Waals surface area (Å²) in [4.78, 5) is 51.8. The van der Waals surface area contributed by atoms with E-state index in [4.69, 9.17) is 9.47 Å². The monoisotopic (exact) mass is 458 g/mol. The van der Waals surface area contributed by atoms with Gasteiger partial charge in [0, 0.05) is 6.54 Å². The summed E-state index contributed by atoms with van der Waals surface area (Å²) in [5.41, 5.74) is 0.0759. The molecule has 3 amide bonds. The van der Waals surface area contributed by atoms with Crippen LogP contribution in [0.1, 0.15) is 80.5 Å². The largest absolute Gasteiger partial charge is 0.465 e. The average molecular weight is 459 g/mol. The molecule has 0 bridgehead atoms. The van der Waals surface area contributed by atoms with E-state index in [2.05, 4.69) is 5.32 Å². The minimum Gasteiger partial charge on any atom is -0.465 e. The minimum absolute atomic E-state index is 0.00273. The Labute approximate surface area is 195 Å². The third kappa shape index (κ3) is 6.12. The molecule has 33 heavy (non-hydrogen) atoms. The Bertz CT molecular complexity index is 863. The Morgan fingerprint density at radius 2 is 1.64 bits per heavy atom. The van der Waals surface area contributed by atoms with Crippen molar-refractivity contribution in [1.82, 2.24) is 10.2 Å². The summed E-state index contributed by atoms with van der Waals surface area (Å²) in [5, 5.41) is 2.89. The predicted octanol–water partition coefficient (Wildman–Crippen LogP) is 3.94. The van der Waals surface area contributed by atoms with E-state index in [0.717, 1.165) is 6.42 Å². The van der Waals surface area contributed by atoms with Crippen LogP contribution in [0.2, 0.25) is 0 Å². The van der Waals surface area contributed by atoms with Crippen molar-refractivity contribution in [3.63, 3.8) is 0 Å². The van der Waals surface area contributed by atoms with Crippen LogP contribution in [0.5, 0.6) is 0 Å². The summed E-state index contributed by atoms with van der Waals surface area (Å²) >= 11 is 0. The number of fused-ring (bicyclic) bond motifs is 1. The fourth-order valence-electron chi connectivity index (χ4n) is 4.45. The van der Waals surface area contributed by atoms with E-state index in [1.165, 1.54) is 4.90 Å². The Morgan fingerprint density at radius 3 is 2.15 bits per heavy atom. The molecule has 8 heteroatoms. The molecule has 2 aliphatic rings. The highest BCUT2D eigenvalue weighted by atomic mass is 16.6. The van der Waals surface area contributed by atoms with Crippen molar-refractivity contribution in [3.8, 4) is 0 Å². The van der Waals surface area contributed by atoms with Gasteiger partial charge in [-0.25, -0.2) is 4.79 Å². The summed E-state index contributed by atoms with van der Waals surface area (Å²) in [5.74, 6) is -1.05. The van der Waals surface area contributed by atoms with Gasteiger partial charge in [0.25, 0.3) is 11.8 Å². The zero-order chi connectivity index (χ0) is 24.2. The lowest BCUT2D eigenvalue weighted by molar-refractivity contribution is -0.150. The van der Waals surface area contributed by atoms with E-state index in [-0.39, 0.29) is 36.2 Å². The topological polar surface area (TPSA) is 102 Å². The number of carbonyl (C=O) groups excluding carboxylic acids is 4. The molecule has 1 aliphatic carbocycles. The molecule has 1 fully saturated rings. The highest BCUT2D eigenvalue weighted by molar-refractivity contribution is 6.21. The van der Waals surface area contributed by atoms with Crippen LogP contribution in [0.15, 0.2) is 24.3 Å². The first kappa shape index (κ1) is 24.7. The van der Waals surface area contributed by atoms with Crippen LogP contribution >= 0.6 is 0 Å². The number of hydrogen-bond acceptors (Lipinski definition) is 6. The molecule has 1 aromatic rings. The quantitative estimate of drug-likeness (QED) is 0.491. The molecule has 1 atom stereocenters. The van der Waals surface area contributed by atoms with Gasteiger partial charge in [0.2, 0.25) is 0 Å². The van der Waals surface area contributed by atoms with Crippen molar-refractivity contribution in [2.24, 2.45) is 11.8 Å². The zero-order valence-electron chi connectivity index (χ0n) is 19.9. The van der Waals surface area contributed by atoms with Gasteiger partial charge >= 0.3 is 12.1 Å². The molecule has 1 saturated carbocycles. The van der Waals surface area contributed by atoms with Gasteiger partial charge in [-0.05, 0) is 70.9 Å². The van der Waals surface area contributed by atoms with Gasteiger partial charge in [0.05, 0.1) is 29.7 Å². The third-order valence-electron chi connectivity index (χ3n) is 6.08. The molecule has 3 rings (SSSR count). The molecular formula is C25H34N2O6. The van der Waals surface area contributed by atoms with E-state index < -0.39 is 17.7 Å². The molecule has 1 aromatic carbocycles. The molecule has 1 unspecified atom stereocenters. The number of rotatable bonds is 7. The number of ether oxygens (including phenoxy) is 2. The molecule has 8 nitrogen and oxygen atoms in total. The van der Waals surface area contributed by atoms with Crippen LogP contribution in [0, 0.1) is 11.8 Å². The van der Waals surface area contributed by atoms with Crippen molar-refractivity contribution in [2.45, 2.75) is 71.4 Å². The number of nitrogens with one attached hydrogen (secondary N) is 1. The maximum atomic E-state index is 12.9. The minimum atomic E-state index is -0.676. The van der Waals surface area contributed by atoms with Gasteiger partial charge in [0.15, 0.2) is 0 Å². The Hall–Kier alpha value is -2.90.